The second-order valence-electron chi connectivity index (χ2n) is 10.0. The van der Waals surface area contributed by atoms with Gasteiger partial charge < -0.3 is 24.6 Å². The van der Waals surface area contributed by atoms with Gasteiger partial charge in [0.15, 0.2) is 0 Å². The number of hydrogen-bond acceptors (Lipinski definition) is 6. The number of carbonyl (C=O) groups excluding carboxylic acids is 1. The Hall–Kier alpha value is -1.41. The largest absolute Gasteiger partial charge is 0.416 e. The summed E-state index contributed by atoms with van der Waals surface area (Å²) in [6.45, 7) is 2.32. The van der Waals surface area contributed by atoms with Gasteiger partial charge in [0.05, 0.1) is 30.2 Å². The van der Waals surface area contributed by atoms with Crippen molar-refractivity contribution in [3.8, 4) is 0 Å². The molecule has 1 aliphatic heterocycles. The van der Waals surface area contributed by atoms with Crippen molar-refractivity contribution in [1.29, 1.82) is 0 Å². The third kappa shape index (κ3) is 9.57. The zero-order valence-corrected chi connectivity index (χ0v) is 23.3. The topological polar surface area (TPSA) is 62.8 Å². The summed E-state index contributed by atoms with van der Waals surface area (Å²) < 4.78 is 85.9. The SMILES string of the molecule is CONC(OCc1cc(C(F)(F)F)cc(C(F)(F)F)c1)C(CCN1CC(NCCC=O)C1)C1C=C(Cl)C(Cl)CC1. The van der Waals surface area contributed by atoms with Crippen molar-refractivity contribution in [3.05, 3.63) is 46.0 Å². The summed E-state index contributed by atoms with van der Waals surface area (Å²) in [4.78, 5) is 17.8. The van der Waals surface area contributed by atoms with E-state index < -0.39 is 36.3 Å². The minimum atomic E-state index is -4.96. The van der Waals surface area contributed by atoms with E-state index in [4.69, 9.17) is 32.8 Å². The number of aldehydes is 1. The summed E-state index contributed by atoms with van der Waals surface area (Å²) >= 11 is 12.6. The minimum absolute atomic E-state index is 0.0860. The normalized spacial score (nSPS) is 22.5. The number of likely N-dealkylation sites (tertiary alicyclic amines) is 1. The fourth-order valence-corrected chi connectivity index (χ4v) is 5.48. The molecule has 6 nitrogen and oxygen atoms in total. The zero-order valence-electron chi connectivity index (χ0n) is 21.8. The van der Waals surface area contributed by atoms with Crippen molar-refractivity contribution >= 4 is 29.5 Å². The van der Waals surface area contributed by atoms with E-state index in [1.807, 2.05) is 6.08 Å². The molecule has 0 aromatic heterocycles. The molecular weight excluding hydrogens is 587 g/mol. The van der Waals surface area contributed by atoms with Crippen molar-refractivity contribution in [2.24, 2.45) is 11.8 Å². The van der Waals surface area contributed by atoms with Gasteiger partial charge in [-0.05, 0) is 55.5 Å². The highest BCUT2D eigenvalue weighted by atomic mass is 35.5. The minimum Gasteiger partial charge on any atom is -0.356 e. The van der Waals surface area contributed by atoms with Gasteiger partial charge in [0.25, 0.3) is 0 Å². The quantitative estimate of drug-likeness (QED) is 0.0693. The lowest BCUT2D eigenvalue weighted by atomic mass is 9.81. The number of allylic oxidation sites excluding steroid dienone is 2. The first-order valence-corrected chi connectivity index (χ1v) is 13.7. The molecule has 0 spiro atoms. The summed E-state index contributed by atoms with van der Waals surface area (Å²) in [5, 5.41) is 3.45. The third-order valence-electron chi connectivity index (χ3n) is 7.11. The van der Waals surface area contributed by atoms with Crippen LogP contribution in [0.25, 0.3) is 0 Å². The zero-order chi connectivity index (χ0) is 29.5. The molecule has 4 atom stereocenters. The fraction of sp³-hybridized carbons (Fsp3) is 0.654. The molecule has 14 heteroatoms. The van der Waals surface area contributed by atoms with Crippen molar-refractivity contribution in [3.63, 3.8) is 0 Å². The molecule has 1 saturated heterocycles. The molecule has 1 aromatic rings. The van der Waals surface area contributed by atoms with E-state index in [9.17, 15) is 31.1 Å². The number of alkyl halides is 7. The molecule has 0 amide bonds. The highest BCUT2D eigenvalue weighted by Gasteiger charge is 2.38. The van der Waals surface area contributed by atoms with E-state index in [0.717, 1.165) is 19.4 Å². The molecule has 226 valence electrons. The molecule has 0 saturated carbocycles. The van der Waals surface area contributed by atoms with E-state index in [1.165, 1.54) is 7.11 Å². The Balaban J connectivity index is 1.76. The number of hydroxylamine groups is 1. The van der Waals surface area contributed by atoms with Gasteiger partial charge in [-0.15, -0.1) is 11.6 Å². The van der Waals surface area contributed by atoms with Crippen LogP contribution in [0.15, 0.2) is 29.3 Å². The van der Waals surface area contributed by atoms with Crippen LogP contribution < -0.4 is 10.8 Å². The number of halogens is 8. The molecule has 4 unspecified atom stereocenters. The average Bonchev–Trinajstić information content (AvgIpc) is 2.85. The predicted molar refractivity (Wildman–Crippen MR) is 138 cm³/mol. The average molecular weight is 620 g/mol. The van der Waals surface area contributed by atoms with Crippen LogP contribution in [0.2, 0.25) is 0 Å². The van der Waals surface area contributed by atoms with Crippen LogP contribution in [-0.2, 0) is 33.3 Å². The van der Waals surface area contributed by atoms with Gasteiger partial charge in [-0.25, -0.2) is 0 Å². The maximum absolute atomic E-state index is 13.3. The third-order valence-corrected chi connectivity index (χ3v) is 8.06. The lowest BCUT2D eigenvalue weighted by molar-refractivity contribution is -0.143. The van der Waals surface area contributed by atoms with Gasteiger partial charge >= 0.3 is 12.4 Å². The molecule has 0 bridgehead atoms. The number of hydrogen-bond donors (Lipinski definition) is 2. The highest BCUT2D eigenvalue weighted by molar-refractivity contribution is 6.37. The molecule has 40 heavy (non-hydrogen) atoms. The molecule has 2 aliphatic rings. The van der Waals surface area contributed by atoms with Crippen molar-refractivity contribution in [1.82, 2.24) is 15.7 Å². The number of ether oxygens (including phenoxy) is 1. The number of nitrogens with one attached hydrogen (secondary N) is 2. The van der Waals surface area contributed by atoms with E-state index in [0.29, 0.717) is 55.9 Å². The van der Waals surface area contributed by atoms with Gasteiger partial charge in [0.2, 0.25) is 0 Å². The number of benzene rings is 1. The van der Waals surface area contributed by atoms with Crippen LogP contribution >= 0.6 is 23.2 Å². The molecule has 1 aliphatic carbocycles. The number of rotatable bonds is 14. The molecule has 1 fully saturated rings. The molecule has 1 heterocycles. The van der Waals surface area contributed by atoms with Crippen LogP contribution in [0.4, 0.5) is 26.3 Å². The summed E-state index contributed by atoms with van der Waals surface area (Å²) in [5.74, 6) is -0.405. The van der Waals surface area contributed by atoms with Gasteiger partial charge in [0.1, 0.15) is 12.5 Å². The molecule has 2 N–H and O–H groups in total. The molecule has 0 radical (unpaired) electrons. The van der Waals surface area contributed by atoms with E-state index >= 15 is 0 Å². The Morgan fingerprint density at radius 2 is 1.75 bits per heavy atom. The van der Waals surface area contributed by atoms with Crippen LogP contribution in [0.1, 0.15) is 42.4 Å². The van der Waals surface area contributed by atoms with Gasteiger partial charge in [0, 0.05) is 43.0 Å². The van der Waals surface area contributed by atoms with E-state index in [1.54, 1.807) is 0 Å². The molecule has 3 rings (SSSR count). The second-order valence-corrected chi connectivity index (χ2v) is 11.0. The maximum atomic E-state index is 13.3. The van der Waals surface area contributed by atoms with Crippen molar-refractivity contribution < 1.29 is 40.7 Å². The molecular formula is C26H33Cl2F6N3O3. The summed E-state index contributed by atoms with van der Waals surface area (Å²) in [5.41, 5.74) is -0.346. The lowest BCUT2D eigenvalue weighted by Gasteiger charge is -2.42. The van der Waals surface area contributed by atoms with E-state index in [-0.39, 0.29) is 34.9 Å². The Labute approximate surface area is 239 Å². The van der Waals surface area contributed by atoms with Crippen molar-refractivity contribution in [2.45, 2.75) is 62.3 Å². The van der Waals surface area contributed by atoms with Gasteiger partial charge in [-0.2, -0.15) is 31.8 Å². The van der Waals surface area contributed by atoms with Crippen molar-refractivity contribution in [2.75, 3.05) is 33.3 Å². The number of carbonyl (C=O) groups is 1. The second kappa shape index (κ2) is 14.7. The van der Waals surface area contributed by atoms with Gasteiger partial charge in [-0.1, -0.05) is 17.7 Å². The lowest BCUT2D eigenvalue weighted by Crippen LogP contribution is -2.58. The fourth-order valence-electron chi connectivity index (χ4n) is 5.01. The highest BCUT2D eigenvalue weighted by Crippen LogP contribution is 2.38. The molecule has 1 aromatic carbocycles. The predicted octanol–water partition coefficient (Wildman–Crippen LogP) is 5.73. The smallest absolute Gasteiger partial charge is 0.356 e. The first-order chi connectivity index (χ1) is 18.8. The van der Waals surface area contributed by atoms with Crippen LogP contribution in [-0.4, -0.2) is 62.1 Å². The Morgan fingerprint density at radius 3 is 2.30 bits per heavy atom. The first kappa shape index (κ1) is 33.1. The number of nitrogens with zero attached hydrogens (tertiary/aromatic N) is 1. The van der Waals surface area contributed by atoms with Crippen LogP contribution in [0.5, 0.6) is 0 Å². The van der Waals surface area contributed by atoms with Crippen LogP contribution in [0, 0.1) is 11.8 Å². The standard InChI is InChI=1S/C26H33Cl2F6N3O3/c1-39-36-24(40-15-16-9-18(25(29,30)31)12-19(10-16)26(32,33)34)21(17-3-4-22(27)23(28)11-17)5-7-37-13-20(14-37)35-6-2-8-38/h8-12,17,20-22,24,35-36H,2-7,13-15H2,1H3. The Morgan fingerprint density at radius 1 is 1.10 bits per heavy atom. The Kier molecular flexibility index (Phi) is 12.1. The summed E-state index contributed by atoms with van der Waals surface area (Å²) in [7, 11) is 1.35. The summed E-state index contributed by atoms with van der Waals surface area (Å²) in [6.07, 6.45) is -5.80. The van der Waals surface area contributed by atoms with Crippen LogP contribution in [0.3, 0.4) is 0 Å². The van der Waals surface area contributed by atoms with Gasteiger partial charge in [-0.3, -0.25) is 0 Å². The summed E-state index contributed by atoms with van der Waals surface area (Å²) in [6, 6.07) is 1.67. The maximum Gasteiger partial charge on any atom is 0.416 e. The van der Waals surface area contributed by atoms with E-state index in [2.05, 4.69) is 15.7 Å². The first-order valence-electron chi connectivity index (χ1n) is 12.9. The Bertz CT molecular complexity index is 973. The monoisotopic (exact) mass is 619 g/mol.